The Kier molecular flexibility index (Phi) is 2.40. The smallest absolute Gasteiger partial charge is 0.210 e. The van der Waals surface area contributed by atoms with Crippen LogP contribution in [0.1, 0.15) is 11.6 Å². The normalized spacial score (nSPS) is 12.9. The van der Waals surface area contributed by atoms with E-state index in [4.69, 9.17) is 15.9 Å². The molecule has 0 bridgehead atoms. The van der Waals surface area contributed by atoms with Crippen LogP contribution in [-0.4, -0.2) is 21.8 Å². The van der Waals surface area contributed by atoms with Crippen molar-refractivity contribution in [1.29, 1.82) is 0 Å². The van der Waals surface area contributed by atoms with Gasteiger partial charge in [0.25, 0.3) is 0 Å². The standard InChI is InChI=1S/C7H10N2O2/c8-6(4-10)5-1-2-7(11)9-3-5/h1-3,6,10H,4,8H2,(H,9,11)/t6-/m0/s1. The van der Waals surface area contributed by atoms with E-state index in [0.717, 1.165) is 0 Å². The first kappa shape index (κ1) is 7.97. The van der Waals surface area contributed by atoms with Crippen LogP contribution in [0.5, 0.6) is 5.88 Å². The summed E-state index contributed by atoms with van der Waals surface area (Å²) in [6.45, 7) is -0.119. The average Bonchev–Trinajstić information content (AvgIpc) is 2.05. The van der Waals surface area contributed by atoms with Gasteiger partial charge < -0.3 is 15.9 Å². The summed E-state index contributed by atoms with van der Waals surface area (Å²) in [5.41, 5.74) is 6.19. The lowest BCUT2D eigenvalue weighted by molar-refractivity contribution is 0.267. The van der Waals surface area contributed by atoms with Gasteiger partial charge in [-0.3, -0.25) is 0 Å². The Morgan fingerprint density at radius 2 is 2.27 bits per heavy atom. The maximum atomic E-state index is 8.80. The summed E-state index contributed by atoms with van der Waals surface area (Å²) in [5, 5.41) is 17.4. The molecule has 0 amide bonds. The first-order valence-corrected chi connectivity index (χ1v) is 3.25. The number of aliphatic hydroxyl groups is 1. The number of pyridine rings is 1. The molecule has 4 N–H and O–H groups in total. The summed E-state index contributed by atoms with van der Waals surface area (Å²) in [4.78, 5) is 3.61. The highest BCUT2D eigenvalue weighted by molar-refractivity contribution is 5.19. The predicted molar refractivity (Wildman–Crippen MR) is 39.9 cm³/mol. The van der Waals surface area contributed by atoms with E-state index in [1.54, 1.807) is 6.07 Å². The molecule has 1 heterocycles. The number of hydrogen-bond donors (Lipinski definition) is 3. The van der Waals surface area contributed by atoms with Gasteiger partial charge in [-0.25, -0.2) is 4.98 Å². The van der Waals surface area contributed by atoms with Crippen molar-refractivity contribution in [2.24, 2.45) is 5.73 Å². The van der Waals surface area contributed by atoms with E-state index in [1.807, 2.05) is 0 Å². The van der Waals surface area contributed by atoms with Gasteiger partial charge in [-0.05, 0) is 5.56 Å². The summed E-state index contributed by atoms with van der Waals surface area (Å²) in [6.07, 6.45) is 1.44. The Bertz CT molecular complexity index is 222. The van der Waals surface area contributed by atoms with Crippen LogP contribution in [0, 0.1) is 0 Å². The lowest BCUT2D eigenvalue weighted by Crippen LogP contribution is -2.14. The molecule has 60 valence electrons. The highest BCUT2D eigenvalue weighted by Crippen LogP contribution is 2.10. The van der Waals surface area contributed by atoms with Crippen molar-refractivity contribution in [2.45, 2.75) is 6.04 Å². The molecule has 1 atom stereocenters. The van der Waals surface area contributed by atoms with Crippen LogP contribution in [0.3, 0.4) is 0 Å². The Morgan fingerprint density at radius 1 is 1.55 bits per heavy atom. The number of aromatic nitrogens is 1. The third kappa shape index (κ3) is 1.89. The number of nitrogens with zero attached hydrogens (tertiary/aromatic N) is 1. The van der Waals surface area contributed by atoms with Crippen LogP contribution < -0.4 is 5.73 Å². The van der Waals surface area contributed by atoms with Gasteiger partial charge in [0, 0.05) is 12.3 Å². The van der Waals surface area contributed by atoms with Crippen molar-refractivity contribution < 1.29 is 10.2 Å². The highest BCUT2D eigenvalue weighted by Gasteiger charge is 2.03. The molecule has 1 rings (SSSR count). The Labute approximate surface area is 64.3 Å². The molecule has 0 radical (unpaired) electrons. The monoisotopic (exact) mass is 154 g/mol. The van der Waals surface area contributed by atoms with Gasteiger partial charge in [-0.15, -0.1) is 0 Å². The minimum Gasteiger partial charge on any atom is -0.493 e. The molecule has 1 aromatic rings. The largest absolute Gasteiger partial charge is 0.493 e. The molecule has 0 spiro atoms. The Balaban J connectivity index is 2.81. The molecule has 0 aromatic carbocycles. The quantitative estimate of drug-likeness (QED) is 0.550. The average molecular weight is 154 g/mol. The molecule has 4 heteroatoms. The molecule has 0 aliphatic heterocycles. The van der Waals surface area contributed by atoms with Crippen molar-refractivity contribution >= 4 is 0 Å². The number of aliphatic hydroxyl groups excluding tert-OH is 1. The van der Waals surface area contributed by atoms with E-state index in [0.29, 0.717) is 5.56 Å². The van der Waals surface area contributed by atoms with Crippen LogP contribution in [0.15, 0.2) is 18.3 Å². The minimum absolute atomic E-state index is 0.0427. The van der Waals surface area contributed by atoms with Gasteiger partial charge in [0.15, 0.2) is 0 Å². The fraction of sp³-hybridized carbons (Fsp3) is 0.286. The molecule has 0 saturated heterocycles. The topological polar surface area (TPSA) is 79.4 Å². The van der Waals surface area contributed by atoms with Gasteiger partial charge in [-0.1, -0.05) is 6.07 Å². The molecule has 0 saturated carbocycles. The molecular weight excluding hydrogens is 144 g/mol. The fourth-order valence-corrected chi connectivity index (χ4v) is 0.722. The second-order valence-corrected chi connectivity index (χ2v) is 2.24. The predicted octanol–water partition coefficient (Wildman–Crippen LogP) is -0.221. The molecule has 0 fully saturated rings. The van der Waals surface area contributed by atoms with Crippen molar-refractivity contribution in [3.05, 3.63) is 23.9 Å². The number of aromatic hydroxyl groups is 1. The molecule has 4 nitrogen and oxygen atoms in total. The zero-order chi connectivity index (χ0) is 8.27. The second kappa shape index (κ2) is 3.32. The van der Waals surface area contributed by atoms with Crippen LogP contribution in [0.25, 0.3) is 0 Å². The molecule has 1 aromatic heterocycles. The lowest BCUT2D eigenvalue weighted by Gasteiger charge is -2.06. The third-order valence-electron chi connectivity index (χ3n) is 1.40. The number of rotatable bonds is 2. The first-order valence-electron chi connectivity index (χ1n) is 3.25. The molecule has 11 heavy (non-hydrogen) atoms. The summed E-state index contributed by atoms with van der Waals surface area (Å²) in [5.74, 6) is -0.0427. The minimum atomic E-state index is -0.414. The molecule has 0 unspecified atom stereocenters. The van der Waals surface area contributed by atoms with Gasteiger partial charge >= 0.3 is 0 Å². The Hall–Kier alpha value is -1.13. The van der Waals surface area contributed by atoms with E-state index in [1.165, 1.54) is 12.3 Å². The van der Waals surface area contributed by atoms with Crippen LogP contribution in [0.4, 0.5) is 0 Å². The van der Waals surface area contributed by atoms with Crippen LogP contribution >= 0.6 is 0 Å². The Morgan fingerprint density at radius 3 is 2.73 bits per heavy atom. The van der Waals surface area contributed by atoms with Gasteiger partial charge in [-0.2, -0.15) is 0 Å². The SMILES string of the molecule is N[C@@H](CO)c1ccc(O)nc1. The second-order valence-electron chi connectivity index (χ2n) is 2.24. The third-order valence-corrected chi connectivity index (χ3v) is 1.40. The van der Waals surface area contributed by atoms with E-state index >= 15 is 0 Å². The molecule has 0 aliphatic carbocycles. The van der Waals surface area contributed by atoms with Crippen LogP contribution in [0.2, 0.25) is 0 Å². The summed E-state index contributed by atoms with van der Waals surface area (Å²) in [7, 11) is 0. The van der Waals surface area contributed by atoms with Gasteiger partial charge in [0.2, 0.25) is 5.88 Å². The molecule has 0 aliphatic rings. The van der Waals surface area contributed by atoms with Crippen molar-refractivity contribution in [2.75, 3.05) is 6.61 Å². The van der Waals surface area contributed by atoms with Gasteiger partial charge in [0.1, 0.15) is 0 Å². The van der Waals surface area contributed by atoms with E-state index in [2.05, 4.69) is 4.98 Å². The van der Waals surface area contributed by atoms with Crippen molar-refractivity contribution in [1.82, 2.24) is 4.98 Å². The highest BCUT2D eigenvalue weighted by atomic mass is 16.3. The zero-order valence-electron chi connectivity index (χ0n) is 5.94. The maximum Gasteiger partial charge on any atom is 0.210 e. The van der Waals surface area contributed by atoms with Crippen LogP contribution in [-0.2, 0) is 0 Å². The summed E-state index contributed by atoms with van der Waals surface area (Å²) in [6, 6.07) is 2.65. The van der Waals surface area contributed by atoms with E-state index < -0.39 is 6.04 Å². The van der Waals surface area contributed by atoms with E-state index in [-0.39, 0.29) is 12.5 Å². The fourth-order valence-electron chi connectivity index (χ4n) is 0.722. The summed E-state index contributed by atoms with van der Waals surface area (Å²) >= 11 is 0. The van der Waals surface area contributed by atoms with Crippen molar-refractivity contribution in [3.63, 3.8) is 0 Å². The zero-order valence-corrected chi connectivity index (χ0v) is 5.94. The molecular formula is C7H10N2O2. The summed E-state index contributed by atoms with van der Waals surface area (Å²) < 4.78 is 0. The van der Waals surface area contributed by atoms with Crippen molar-refractivity contribution in [3.8, 4) is 5.88 Å². The number of hydrogen-bond acceptors (Lipinski definition) is 4. The van der Waals surface area contributed by atoms with E-state index in [9.17, 15) is 0 Å². The number of nitrogens with two attached hydrogens (primary N) is 1. The first-order chi connectivity index (χ1) is 5.24. The van der Waals surface area contributed by atoms with Gasteiger partial charge in [0.05, 0.1) is 12.6 Å². The maximum absolute atomic E-state index is 8.80. The lowest BCUT2D eigenvalue weighted by atomic mass is 10.1.